The predicted octanol–water partition coefficient (Wildman–Crippen LogP) is -0.743. The Morgan fingerprint density at radius 1 is 1.53 bits per heavy atom. The molecular weight excluding hydrogens is 248 g/mol. The van der Waals surface area contributed by atoms with Gasteiger partial charge in [-0.05, 0) is 6.92 Å². The van der Waals surface area contributed by atoms with Crippen LogP contribution in [0.25, 0.3) is 11.0 Å². The summed E-state index contributed by atoms with van der Waals surface area (Å²) in [5.41, 5.74) is 5.25. The number of aromatic amines is 1. The highest BCUT2D eigenvalue weighted by atomic mass is 16.3. The van der Waals surface area contributed by atoms with Crippen LogP contribution in [0, 0.1) is 0 Å². The molecule has 8 heteroatoms. The van der Waals surface area contributed by atoms with Crippen LogP contribution in [0.15, 0.2) is 6.20 Å². The maximum Gasteiger partial charge on any atom is 0.224 e. The number of anilines is 2. The maximum absolute atomic E-state index is 10.2. The summed E-state index contributed by atoms with van der Waals surface area (Å²) in [4.78, 5) is 10.1. The molecule has 8 nitrogen and oxygen atoms in total. The van der Waals surface area contributed by atoms with E-state index in [0.29, 0.717) is 31.0 Å². The summed E-state index contributed by atoms with van der Waals surface area (Å²) in [5.74, 6) is 0.710. The van der Waals surface area contributed by atoms with Gasteiger partial charge >= 0.3 is 0 Å². The molecule has 0 aliphatic carbocycles. The highest BCUT2D eigenvalue weighted by Gasteiger charge is 2.35. The zero-order valence-corrected chi connectivity index (χ0v) is 10.5. The average Bonchev–Trinajstić information content (AvgIpc) is 2.72. The van der Waals surface area contributed by atoms with E-state index in [1.54, 1.807) is 13.1 Å². The Bertz CT molecular complexity index is 610. The lowest BCUT2D eigenvalue weighted by molar-refractivity contribution is -0.00801. The van der Waals surface area contributed by atoms with Crippen LogP contribution in [0.1, 0.15) is 13.3 Å². The molecule has 2 aromatic heterocycles. The molecule has 1 aliphatic heterocycles. The van der Waals surface area contributed by atoms with Crippen molar-refractivity contribution in [1.29, 1.82) is 0 Å². The SMILES string of the molecule is C[C@@]1(O)C[C@H](O)CN(c2nc(N)nc3[nH]ncc23)C1. The first-order valence-corrected chi connectivity index (χ1v) is 6.07. The van der Waals surface area contributed by atoms with Gasteiger partial charge < -0.3 is 20.8 Å². The lowest BCUT2D eigenvalue weighted by Crippen LogP contribution is -2.52. The van der Waals surface area contributed by atoms with Gasteiger partial charge in [0.25, 0.3) is 0 Å². The van der Waals surface area contributed by atoms with Crippen LogP contribution in [-0.2, 0) is 0 Å². The zero-order valence-electron chi connectivity index (χ0n) is 10.5. The number of hydrogen-bond donors (Lipinski definition) is 4. The van der Waals surface area contributed by atoms with E-state index in [2.05, 4.69) is 20.2 Å². The number of hydrogen-bond acceptors (Lipinski definition) is 7. The second-order valence-electron chi connectivity index (χ2n) is 5.27. The number of H-pyrrole nitrogens is 1. The molecule has 1 aliphatic rings. The molecule has 102 valence electrons. The third kappa shape index (κ3) is 2.20. The number of rotatable bonds is 1. The van der Waals surface area contributed by atoms with Crippen LogP contribution in [0.2, 0.25) is 0 Å². The first kappa shape index (κ1) is 12.1. The van der Waals surface area contributed by atoms with Gasteiger partial charge in [0.2, 0.25) is 5.95 Å². The number of piperidine rings is 1. The number of nitrogens with one attached hydrogen (secondary N) is 1. The summed E-state index contributed by atoms with van der Waals surface area (Å²) in [6.07, 6.45) is 1.35. The van der Waals surface area contributed by atoms with Gasteiger partial charge in [-0.15, -0.1) is 0 Å². The van der Waals surface area contributed by atoms with Crippen molar-refractivity contribution in [3.05, 3.63) is 6.20 Å². The van der Waals surface area contributed by atoms with E-state index in [0.717, 1.165) is 5.39 Å². The second kappa shape index (κ2) is 4.04. The molecule has 0 spiro atoms. The third-order valence-electron chi connectivity index (χ3n) is 3.24. The minimum absolute atomic E-state index is 0.131. The van der Waals surface area contributed by atoms with Gasteiger partial charge in [0.1, 0.15) is 5.82 Å². The molecule has 0 amide bonds. The Balaban J connectivity index is 2.06. The van der Waals surface area contributed by atoms with Crippen LogP contribution in [0.4, 0.5) is 11.8 Å². The molecule has 2 aromatic rings. The molecule has 5 N–H and O–H groups in total. The summed E-state index contributed by atoms with van der Waals surface area (Å²) in [6, 6.07) is 0. The first-order chi connectivity index (χ1) is 8.94. The van der Waals surface area contributed by atoms with Gasteiger partial charge in [-0.1, -0.05) is 0 Å². The predicted molar refractivity (Wildman–Crippen MR) is 69.6 cm³/mol. The molecule has 0 bridgehead atoms. The van der Waals surface area contributed by atoms with E-state index < -0.39 is 11.7 Å². The number of aromatic nitrogens is 4. The number of β-amino-alcohol motifs (C(OH)–C–C–N with tert-alkyl or cyclic N) is 2. The van der Waals surface area contributed by atoms with Crippen molar-refractivity contribution in [3.63, 3.8) is 0 Å². The molecule has 0 saturated carbocycles. The number of nitrogens with zero attached hydrogens (tertiary/aromatic N) is 4. The number of nitrogens with two attached hydrogens (primary N) is 1. The summed E-state index contributed by atoms with van der Waals surface area (Å²) < 4.78 is 0. The number of aliphatic hydroxyl groups is 2. The number of aliphatic hydroxyl groups excluding tert-OH is 1. The van der Waals surface area contributed by atoms with Crippen molar-refractivity contribution in [1.82, 2.24) is 20.2 Å². The van der Waals surface area contributed by atoms with Gasteiger partial charge in [-0.25, -0.2) is 0 Å². The van der Waals surface area contributed by atoms with Gasteiger partial charge in [0.05, 0.1) is 23.3 Å². The summed E-state index contributed by atoms with van der Waals surface area (Å²) >= 11 is 0. The molecule has 3 heterocycles. The van der Waals surface area contributed by atoms with Gasteiger partial charge in [0, 0.05) is 19.5 Å². The molecule has 1 saturated heterocycles. The molecular formula is C11H16N6O2. The largest absolute Gasteiger partial charge is 0.391 e. The van der Waals surface area contributed by atoms with Gasteiger partial charge in [0.15, 0.2) is 5.65 Å². The first-order valence-electron chi connectivity index (χ1n) is 6.07. The Morgan fingerprint density at radius 2 is 2.32 bits per heavy atom. The fraction of sp³-hybridized carbons (Fsp3) is 0.545. The molecule has 0 aromatic carbocycles. The van der Waals surface area contributed by atoms with Crippen LogP contribution >= 0.6 is 0 Å². The monoisotopic (exact) mass is 264 g/mol. The average molecular weight is 264 g/mol. The van der Waals surface area contributed by atoms with Crippen LogP contribution in [0.5, 0.6) is 0 Å². The lowest BCUT2D eigenvalue weighted by atomic mass is 9.93. The smallest absolute Gasteiger partial charge is 0.224 e. The molecule has 1 fully saturated rings. The van der Waals surface area contributed by atoms with E-state index >= 15 is 0 Å². The fourth-order valence-electron chi connectivity index (χ4n) is 2.61. The zero-order chi connectivity index (χ0) is 13.6. The summed E-state index contributed by atoms with van der Waals surface area (Å²) in [6.45, 7) is 2.47. The fourth-order valence-corrected chi connectivity index (χ4v) is 2.61. The highest BCUT2D eigenvalue weighted by molar-refractivity contribution is 5.87. The minimum Gasteiger partial charge on any atom is -0.391 e. The highest BCUT2D eigenvalue weighted by Crippen LogP contribution is 2.29. The number of nitrogen functional groups attached to an aromatic ring is 1. The maximum atomic E-state index is 10.2. The molecule has 0 unspecified atom stereocenters. The molecule has 2 atom stereocenters. The van der Waals surface area contributed by atoms with Crippen molar-refractivity contribution in [2.75, 3.05) is 23.7 Å². The topological polar surface area (TPSA) is 124 Å². The van der Waals surface area contributed by atoms with E-state index in [9.17, 15) is 10.2 Å². The Morgan fingerprint density at radius 3 is 3.05 bits per heavy atom. The molecule has 3 rings (SSSR count). The van der Waals surface area contributed by atoms with Gasteiger partial charge in [-0.2, -0.15) is 15.1 Å². The van der Waals surface area contributed by atoms with E-state index in [4.69, 9.17) is 5.73 Å². The molecule has 0 radical (unpaired) electrons. The van der Waals surface area contributed by atoms with Crippen molar-refractivity contribution < 1.29 is 10.2 Å². The van der Waals surface area contributed by atoms with E-state index in [-0.39, 0.29) is 5.95 Å². The van der Waals surface area contributed by atoms with E-state index in [1.165, 1.54) is 0 Å². The Kier molecular flexibility index (Phi) is 2.58. The number of fused-ring (bicyclic) bond motifs is 1. The summed E-state index contributed by atoms with van der Waals surface area (Å²) in [5, 5.41) is 27.4. The summed E-state index contributed by atoms with van der Waals surface area (Å²) in [7, 11) is 0. The normalized spacial score (nSPS) is 27.9. The quantitative estimate of drug-likeness (QED) is 0.534. The standard InChI is InChI=1S/C11H16N6O2/c1-11(19)2-6(18)4-17(5-11)9-7-3-13-16-8(7)14-10(12)15-9/h3,6,18-19H,2,4-5H2,1H3,(H3,12,13,14,15,16)/t6-,11+/m0/s1. The van der Waals surface area contributed by atoms with Crippen molar-refractivity contribution in [3.8, 4) is 0 Å². The Hall–Kier alpha value is -1.93. The van der Waals surface area contributed by atoms with Crippen molar-refractivity contribution in [2.24, 2.45) is 0 Å². The van der Waals surface area contributed by atoms with Crippen LogP contribution < -0.4 is 10.6 Å². The molecule has 19 heavy (non-hydrogen) atoms. The van der Waals surface area contributed by atoms with Crippen LogP contribution in [-0.4, -0.2) is 55.2 Å². The van der Waals surface area contributed by atoms with Crippen molar-refractivity contribution >= 4 is 22.8 Å². The minimum atomic E-state index is -0.965. The third-order valence-corrected chi connectivity index (χ3v) is 3.24. The van der Waals surface area contributed by atoms with E-state index in [1.807, 2.05) is 4.90 Å². The van der Waals surface area contributed by atoms with Crippen molar-refractivity contribution in [2.45, 2.75) is 25.0 Å². The lowest BCUT2D eigenvalue weighted by Gasteiger charge is -2.40. The van der Waals surface area contributed by atoms with Gasteiger partial charge in [-0.3, -0.25) is 5.10 Å². The van der Waals surface area contributed by atoms with Crippen LogP contribution in [0.3, 0.4) is 0 Å². The Labute approximate surface area is 109 Å². The second-order valence-corrected chi connectivity index (χ2v) is 5.27.